The maximum atomic E-state index is 6.03. The van der Waals surface area contributed by atoms with E-state index >= 15 is 0 Å². The molecule has 100 valence electrons. The second kappa shape index (κ2) is 4.49. The van der Waals surface area contributed by atoms with Crippen LogP contribution in [-0.4, -0.2) is 20.2 Å². The van der Waals surface area contributed by atoms with Crippen molar-refractivity contribution in [3.05, 3.63) is 23.2 Å². The lowest BCUT2D eigenvalue weighted by molar-refractivity contribution is 0.126. The van der Waals surface area contributed by atoms with Crippen molar-refractivity contribution in [2.45, 2.75) is 32.7 Å². The van der Waals surface area contributed by atoms with Crippen molar-refractivity contribution in [2.24, 2.45) is 5.41 Å². The summed E-state index contributed by atoms with van der Waals surface area (Å²) in [6.45, 7) is 3.11. The predicted molar refractivity (Wildman–Crippen MR) is 74.6 cm³/mol. The zero-order valence-corrected chi connectivity index (χ0v) is 11.6. The predicted octanol–water partition coefficient (Wildman–Crippen LogP) is 2.77. The number of aromatic nitrogens is 4. The molecule has 0 unspecified atom stereocenters. The molecule has 1 fully saturated rings. The Hall–Kier alpha value is -1.62. The maximum absolute atomic E-state index is 6.03. The SMILES string of the molecule is CC1(Cn2nnnc2-c2cc(N)cc(Cl)c2)CCC1. The maximum Gasteiger partial charge on any atom is 0.182 e. The minimum absolute atomic E-state index is 0.314. The monoisotopic (exact) mass is 277 g/mol. The number of rotatable bonds is 3. The number of nitrogens with two attached hydrogens (primary N) is 1. The molecule has 0 spiro atoms. The normalized spacial score (nSPS) is 17.2. The Kier molecular flexibility index (Phi) is 2.93. The van der Waals surface area contributed by atoms with Crippen LogP contribution in [0.5, 0.6) is 0 Å². The van der Waals surface area contributed by atoms with E-state index in [0.29, 0.717) is 16.1 Å². The van der Waals surface area contributed by atoms with Crippen molar-refractivity contribution in [3.63, 3.8) is 0 Å². The highest BCUT2D eigenvalue weighted by Gasteiger charge is 2.33. The summed E-state index contributed by atoms with van der Waals surface area (Å²) in [6.07, 6.45) is 3.74. The highest BCUT2D eigenvalue weighted by Crippen LogP contribution is 2.42. The van der Waals surface area contributed by atoms with E-state index in [0.717, 1.165) is 17.9 Å². The van der Waals surface area contributed by atoms with Crippen molar-refractivity contribution >= 4 is 17.3 Å². The van der Waals surface area contributed by atoms with E-state index in [9.17, 15) is 0 Å². The lowest BCUT2D eigenvalue weighted by Crippen LogP contribution is -2.31. The van der Waals surface area contributed by atoms with Gasteiger partial charge in [-0.1, -0.05) is 24.9 Å². The number of tetrazole rings is 1. The molecule has 19 heavy (non-hydrogen) atoms. The minimum Gasteiger partial charge on any atom is -0.399 e. The van der Waals surface area contributed by atoms with E-state index in [1.807, 2.05) is 16.8 Å². The number of benzene rings is 1. The molecule has 1 aromatic heterocycles. The van der Waals surface area contributed by atoms with Gasteiger partial charge in [-0.15, -0.1) is 5.10 Å². The summed E-state index contributed by atoms with van der Waals surface area (Å²) < 4.78 is 1.85. The molecule has 1 aromatic carbocycles. The highest BCUT2D eigenvalue weighted by atomic mass is 35.5. The van der Waals surface area contributed by atoms with Crippen LogP contribution < -0.4 is 5.73 Å². The summed E-state index contributed by atoms with van der Waals surface area (Å²) in [6, 6.07) is 5.40. The standard InChI is InChI=1S/C13H16ClN5/c1-13(3-2-4-13)8-19-12(16-17-18-19)9-5-10(14)7-11(15)6-9/h5-7H,2-4,8,15H2,1H3. The number of hydrogen-bond acceptors (Lipinski definition) is 4. The molecular weight excluding hydrogens is 262 g/mol. The van der Waals surface area contributed by atoms with E-state index in [-0.39, 0.29) is 0 Å². The molecular formula is C13H16ClN5. The molecule has 3 rings (SSSR count). The first-order valence-electron chi connectivity index (χ1n) is 6.38. The molecule has 1 aliphatic carbocycles. The first kappa shape index (κ1) is 12.4. The van der Waals surface area contributed by atoms with Gasteiger partial charge in [0.2, 0.25) is 0 Å². The summed E-state index contributed by atoms with van der Waals surface area (Å²) in [7, 11) is 0. The molecule has 1 aliphatic rings. The molecule has 0 atom stereocenters. The molecule has 5 nitrogen and oxygen atoms in total. The van der Waals surface area contributed by atoms with Crippen molar-refractivity contribution in [2.75, 3.05) is 5.73 Å². The van der Waals surface area contributed by atoms with Crippen LogP contribution in [0, 0.1) is 5.41 Å². The van der Waals surface area contributed by atoms with Gasteiger partial charge in [0.05, 0.1) is 6.54 Å². The third-order valence-corrected chi connectivity index (χ3v) is 4.02. The molecule has 0 bridgehead atoms. The number of halogens is 1. The molecule has 0 aliphatic heterocycles. The Bertz CT molecular complexity index is 583. The highest BCUT2D eigenvalue weighted by molar-refractivity contribution is 6.31. The number of nitrogen functional groups attached to an aromatic ring is 1. The lowest BCUT2D eigenvalue weighted by atomic mass is 9.70. The second-order valence-electron chi connectivity index (χ2n) is 5.60. The Balaban J connectivity index is 1.94. The van der Waals surface area contributed by atoms with Gasteiger partial charge in [-0.3, -0.25) is 0 Å². The minimum atomic E-state index is 0.314. The van der Waals surface area contributed by atoms with Crippen LogP contribution in [0.4, 0.5) is 5.69 Å². The first-order valence-corrected chi connectivity index (χ1v) is 6.76. The molecule has 2 aromatic rings. The summed E-state index contributed by atoms with van der Waals surface area (Å²) in [5.74, 6) is 0.724. The third kappa shape index (κ3) is 2.42. The van der Waals surface area contributed by atoms with Gasteiger partial charge in [0, 0.05) is 16.3 Å². The Labute approximate surface area is 116 Å². The molecule has 1 heterocycles. The van der Waals surface area contributed by atoms with Crippen LogP contribution in [0.15, 0.2) is 18.2 Å². The molecule has 0 saturated heterocycles. The van der Waals surface area contributed by atoms with E-state index in [2.05, 4.69) is 22.4 Å². The van der Waals surface area contributed by atoms with Crippen molar-refractivity contribution in [1.82, 2.24) is 20.2 Å². The Morgan fingerprint density at radius 2 is 2.16 bits per heavy atom. The average molecular weight is 278 g/mol. The largest absolute Gasteiger partial charge is 0.399 e. The number of anilines is 1. The molecule has 6 heteroatoms. The van der Waals surface area contributed by atoms with Crippen LogP contribution >= 0.6 is 11.6 Å². The summed E-state index contributed by atoms with van der Waals surface area (Å²) in [5.41, 5.74) is 7.61. The summed E-state index contributed by atoms with van der Waals surface area (Å²) >= 11 is 6.03. The smallest absolute Gasteiger partial charge is 0.182 e. The van der Waals surface area contributed by atoms with E-state index < -0.39 is 0 Å². The van der Waals surface area contributed by atoms with E-state index in [1.54, 1.807) is 6.07 Å². The van der Waals surface area contributed by atoms with Crippen LogP contribution in [0.25, 0.3) is 11.4 Å². The summed E-state index contributed by atoms with van der Waals surface area (Å²) in [5, 5.41) is 12.6. The Morgan fingerprint density at radius 3 is 2.79 bits per heavy atom. The Morgan fingerprint density at radius 1 is 1.37 bits per heavy atom. The fourth-order valence-electron chi connectivity index (χ4n) is 2.56. The van der Waals surface area contributed by atoms with Crippen LogP contribution in [0.3, 0.4) is 0 Å². The van der Waals surface area contributed by atoms with Gasteiger partial charge >= 0.3 is 0 Å². The van der Waals surface area contributed by atoms with Gasteiger partial charge < -0.3 is 5.73 Å². The van der Waals surface area contributed by atoms with Gasteiger partial charge in [-0.25, -0.2) is 4.68 Å². The zero-order chi connectivity index (χ0) is 13.5. The lowest BCUT2D eigenvalue weighted by Gasteiger charge is -2.38. The van der Waals surface area contributed by atoms with Crippen LogP contribution in [0.2, 0.25) is 5.02 Å². The third-order valence-electron chi connectivity index (χ3n) is 3.80. The van der Waals surface area contributed by atoms with Crippen LogP contribution in [0.1, 0.15) is 26.2 Å². The van der Waals surface area contributed by atoms with Crippen molar-refractivity contribution in [1.29, 1.82) is 0 Å². The van der Waals surface area contributed by atoms with Crippen molar-refractivity contribution in [3.8, 4) is 11.4 Å². The number of hydrogen-bond donors (Lipinski definition) is 1. The van der Waals surface area contributed by atoms with Gasteiger partial charge in [0.25, 0.3) is 0 Å². The molecule has 2 N–H and O–H groups in total. The molecule has 0 radical (unpaired) electrons. The second-order valence-corrected chi connectivity index (χ2v) is 6.03. The fraction of sp³-hybridized carbons (Fsp3) is 0.462. The molecule has 0 amide bonds. The van der Waals surface area contributed by atoms with E-state index in [4.69, 9.17) is 17.3 Å². The first-order chi connectivity index (χ1) is 9.06. The van der Waals surface area contributed by atoms with Gasteiger partial charge in [-0.2, -0.15) is 0 Å². The van der Waals surface area contributed by atoms with Crippen molar-refractivity contribution < 1.29 is 0 Å². The molecule has 1 saturated carbocycles. The van der Waals surface area contributed by atoms with Gasteiger partial charge in [0.1, 0.15) is 0 Å². The summed E-state index contributed by atoms with van der Waals surface area (Å²) in [4.78, 5) is 0. The van der Waals surface area contributed by atoms with Gasteiger partial charge in [0.15, 0.2) is 5.82 Å². The number of nitrogens with zero attached hydrogens (tertiary/aromatic N) is 4. The van der Waals surface area contributed by atoms with Gasteiger partial charge in [-0.05, 0) is 46.9 Å². The van der Waals surface area contributed by atoms with E-state index in [1.165, 1.54) is 19.3 Å². The topological polar surface area (TPSA) is 69.6 Å². The fourth-order valence-corrected chi connectivity index (χ4v) is 2.80. The zero-order valence-electron chi connectivity index (χ0n) is 10.8. The van der Waals surface area contributed by atoms with Crippen LogP contribution in [-0.2, 0) is 6.54 Å². The quantitative estimate of drug-likeness (QED) is 0.876. The average Bonchev–Trinajstić information content (AvgIpc) is 2.73.